The molecule has 0 atom stereocenters. The summed E-state index contributed by atoms with van der Waals surface area (Å²) in [7, 11) is 1.62. The van der Waals surface area contributed by atoms with E-state index >= 15 is 0 Å². The van der Waals surface area contributed by atoms with Gasteiger partial charge in [-0.15, -0.1) is 0 Å². The van der Waals surface area contributed by atoms with E-state index in [2.05, 4.69) is 4.98 Å². The summed E-state index contributed by atoms with van der Waals surface area (Å²) in [6, 6.07) is 3.70. The Balaban J connectivity index is 2.94. The fraction of sp³-hybridized carbons (Fsp3) is 0.333. The van der Waals surface area contributed by atoms with Gasteiger partial charge in [-0.1, -0.05) is 12.2 Å². The van der Waals surface area contributed by atoms with Gasteiger partial charge in [0.05, 0.1) is 17.8 Å². The van der Waals surface area contributed by atoms with Gasteiger partial charge in [0, 0.05) is 24.2 Å². The first-order valence-electron chi connectivity index (χ1n) is 3.91. The van der Waals surface area contributed by atoms with Crippen LogP contribution in [0.2, 0.25) is 0 Å². The molecule has 0 spiro atoms. The Bertz CT molecular complexity index is 325. The van der Waals surface area contributed by atoms with Gasteiger partial charge in [-0.25, -0.2) is 0 Å². The maximum Gasteiger partial charge on any atom is 0.122 e. The number of pyridine rings is 1. The highest BCUT2D eigenvalue weighted by Gasteiger charge is 2.01. The summed E-state index contributed by atoms with van der Waals surface area (Å²) >= 11 is 4.80. The minimum absolute atomic E-state index is 0.445. The molecule has 0 radical (unpaired) electrons. The zero-order chi connectivity index (χ0) is 9.84. The summed E-state index contributed by atoms with van der Waals surface area (Å²) in [5.74, 6) is 0.791. The van der Waals surface area contributed by atoms with Crippen LogP contribution in [0.3, 0.4) is 0 Å². The number of rotatable bonds is 3. The topological polar surface area (TPSA) is 48.1 Å². The highest BCUT2D eigenvalue weighted by molar-refractivity contribution is 7.80. The molecule has 1 rings (SSSR count). The van der Waals surface area contributed by atoms with Crippen LogP contribution in [0.25, 0.3) is 0 Å². The van der Waals surface area contributed by atoms with Crippen LogP contribution in [0.15, 0.2) is 12.1 Å². The highest BCUT2D eigenvalue weighted by atomic mass is 32.1. The summed E-state index contributed by atoms with van der Waals surface area (Å²) in [4.78, 5) is 4.72. The van der Waals surface area contributed by atoms with Crippen LogP contribution in [0, 0.1) is 6.92 Å². The molecule has 0 aromatic carbocycles. The van der Waals surface area contributed by atoms with Crippen molar-refractivity contribution < 1.29 is 4.74 Å². The third-order valence-electron chi connectivity index (χ3n) is 1.57. The lowest BCUT2D eigenvalue weighted by Gasteiger charge is -2.04. The molecule has 2 N–H and O–H groups in total. The number of nitrogens with two attached hydrogens (primary N) is 1. The average Bonchev–Trinajstić information content (AvgIpc) is 2.01. The predicted molar refractivity (Wildman–Crippen MR) is 56.0 cm³/mol. The first-order valence-corrected chi connectivity index (χ1v) is 4.32. The number of ether oxygens (including phenoxy) is 1. The van der Waals surface area contributed by atoms with Crippen LogP contribution in [-0.2, 0) is 6.42 Å². The van der Waals surface area contributed by atoms with Crippen molar-refractivity contribution in [1.82, 2.24) is 4.98 Å². The minimum Gasteiger partial charge on any atom is -0.497 e. The van der Waals surface area contributed by atoms with Gasteiger partial charge in [-0.2, -0.15) is 0 Å². The van der Waals surface area contributed by atoms with Gasteiger partial charge in [0.1, 0.15) is 5.75 Å². The first-order chi connectivity index (χ1) is 6.11. The van der Waals surface area contributed by atoms with E-state index in [0.717, 1.165) is 17.1 Å². The Morgan fingerprint density at radius 3 is 2.85 bits per heavy atom. The van der Waals surface area contributed by atoms with Crippen LogP contribution < -0.4 is 10.5 Å². The second kappa shape index (κ2) is 4.18. The molecular formula is C9H12N2OS. The summed E-state index contributed by atoms with van der Waals surface area (Å²) in [5, 5.41) is 0. The molecule has 3 nitrogen and oxygen atoms in total. The van der Waals surface area contributed by atoms with Crippen molar-refractivity contribution in [3.05, 3.63) is 23.5 Å². The van der Waals surface area contributed by atoms with Crippen LogP contribution >= 0.6 is 12.2 Å². The predicted octanol–water partition coefficient (Wildman–Crippen LogP) is 1.23. The van der Waals surface area contributed by atoms with E-state index in [1.54, 1.807) is 7.11 Å². The maximum absolute atomic E-state index is 5.42. The normalized spacial score (nSPS) is 9.69. The third kappa shape index (κ3) is 2.99. The molecule has 1 aromatic rings. The van der Waals surface area contributed by atoms with E-state index < -0.39 is 0 Å². The van der Waals surface area contributed by atoms with Crippen LogP contribution in [0.1, 0.15) is 11.4 Å². The standard InChI is InChI=1S/C9H12N2OS/c1-6-3-8(12-2)4-7(11-6)5-9(10)13/h3-4H,5H2,1-2H3,(H2,10,13). The summed E-state index contributed by atoms with van der Waals surface area (Å²) in [5.41, 5.74) is 7.18. The Kier molecular flexibility index (Phi) is 3.19. The van der Waals surface area contributed by atoms with Crippen molar-refractivity contribution in [3.8, 4) is 5.75 Å². The fourth-order valence-electron chi connectivity index (χ4n) is 1.09. The lowest BCUT2D eigenvalue weighted by atomic mass is 10.2. The second-order valence-electron chi connectivity index (χ2n) is 2.78. The fourth-order valence-corrected chi connectivity index (χ4v) is 1.24. The van der Waals surface area contributed by atoms with Gasteiger partial charge in [-0.05, 0) is 6.92 Å². The number of hydrogen-bond donors (Lipinski definition) is 1. The monoisotopic (exact) mass is 196 g/mol. The minimum atomic E-state index is 0.445. The molecule has 0 aliphatic heterocycles. The Morgan fingerprint density at radius 1 is 1.62 bits per heavy atom. The van der Waals surface area contributed by atoms with E-state index in [1.165, 1.54) is 0 Å². The number of nitrogens with zero attached hydrogens (tertiary/aromatic N) is 1. The lowest BCUT2D eigenvalue weighted by Crippen LogP contribution is -2.12. The smallest absolute Gasteiger partial charge is 0.122 e. The largest absolute Gasteiger partial charge is 0.497 e. The summed E-state index contributed by atoms with van der Waals surface area (Å²) in [6.07, 6.45) is 0.521. The van der Waals surface area contributed by atoms with E-state index in [4.69, 9.17) is 22.7 Å². The van der Waals surface area contributed by atoms with Crippen molar-refractivity contribution in [1.29, 1.82) is 0 Å². The van der Waals surface area contributed by atoms with Crippen molar-refractivity contribution in [2.24, 2.45) is 5.73 Å². The van der Waals surface area contributed by atoms with Crippen molar-refractivity contribution in [2.45, 2.75) is 13.3 Å². The molecule has 0 saturated carbocycles. The Labute approximate surface area is 82.9 Å². The number of hydrogen-bond acceptors (Lipinski definition) is 3. The van der Waals surface area contributed by atoms with Crippen molar-refractivity contribution in [3.63, 3.8) is 0 Å². The molecule has 0 bridgehead atoms. The zero-order valence-corrected chi connectivity index (χ0v) is 8.52. The molecule has 1 heterocycles. The summed E-state index contributed by atoms with van der Waals surface area (Å²) < 4.78 is 5.09. The van der Waals surface area contributed by atoms with Crippen LogP contribution in [0.4, 0.5) is 0 Å². The molecule has 4 heteroatoms. The van der Waals surface area contributed by atoms with Gasteiger partial charge in [0.25, 0.3) is 0 Å². The molecule has 0 saturated heterocycles. The van der Waals surface area contributed by atoms with E-state index in [9.17, 15) is 0 Å². The van der Waals surface area contributed by atoms with Gasteiger partial charge in [0.15, 0.2) is 0 Å². The Morgan fingerprint density at radius 2 is 2.31 bits per heavy atom. The SMILES string of the molecule is COc1cc(C)nc(CC(N)=S)c1. The molecule has 13 heavy (non-hydrogen) atoms. The van der Waals surface area contributed by atoms with Crippen LogP contribution in [-0.4, -0.2) is 17.1 Å². The number of aromatic nitrogens is 1. The summed E-state index contributed by atoms with van der Waals surface area (Å²) in [6.45, 7) is 1.91. The molecule has 0 fully saturated rings. The number of thiocarbonyl (C=S) groups is 1. The molecule has 0 aliphatic carbocycles. The van der Waals surface area contributed by atoms with Gasteiger partial charge in [0.2, 0.25) is 0 Å². The van der Waals surface area contributed by atoms with Gasteiger partial charge >= 0.3 is 0 Å². The van der Waals surface area contributed by atoms with Gasteiger partial charge in [-0.3, -0.25) is 4.98 Å². The second-order valence-corrected chi connectivity index (χ2v) is 3.31. The molecular weight excluding hydrogens is 184 g/mol. The number of aryl methyl sites for hydroxylation is 1. The van der Waals surface area contributed by atoms with Gasteiger partial charge < -0.3 is 10.5 Å². The van der Waals surface area contributed by atoms with Crippen LogP contribution in [0.5, 0.6) is 5.75 Å². The van der Waals surface area contributed by atoms with E-state index in [-0.39, 0.29) is 0 Å². The molecule has 0 amide bonds. The molecule has 0 unspecified atom stereocenters. The molecule has 0 aliphatic rings. The van der Waals surface area contributed by atoms with Crippen molar-refractivity contribution in [2.75, 3.05) is 7.11 Å². The third-order valence-corrected chi connectivity index (χ3v) is 1.72. The molecule has 70 valence electrons. The quantitative estimate of drug-likeness (QED) is 0.739. The first kappa shape index (κ1) is 9.92. The molecule has 1 aromatic heterocycles. The number of methoxy groups -OCH3 is 1. The zero-order valence-electron chi connectivity index (χ0n) is 7.70. The lowest BCUT2D eigenvalue weighted by molar-refractivity contribution is 0.413. The van der Waals surface area contributed by atoms with E-state index in [0.29, 0.717) is 11.4 Å². The van der Waals surface area contributed by atoms with Crippen molar-refractivity contribution >= 4 is 17.2 Å². The Hall–Kier alpha value is -1.16. The maximum atomic E-state index is 5.42. The highest BCUT2D eigenvalue weighted by Crippen LogP contribution is 2.13. The van der Waals surface area contributed by atoms with E-state index in [1.807, 2.05) is 19.1 Å². The average molecular weight is 196 g/mol.